The van der Waals surface area contributed by atoms with Gasteiger partial charge in [-0.2, -0.15) is 5.10 Å². The number of aromatic nitrogens is 2. The zero-order valence-corrected chi connectivity index (χ0v) is 9.61. The van der Waals surface area contributed by atoms with E-state index in [9.17, 15) is 4.79 Å². The second-order valence-corrected chi connectivity index (χ2v) is 4.62. The van der Waals surface area contributed by atoms with E-state index in [2.05, 4.69) is 10.2 Å². The van der Waals surface area contributed by atoms with Crippen LogP contribution in [-0.2, 0) is 4.84 Å². The van der Waals surface area contributed by atoms with Crippen molar-refractivity contribution < 1.29 is 9.63 Å². The van der Waals surface area contributed by atoms with Gasteiger partial charge in [0.15, 0.2) is 5.69 Å². The fourth-order valence-corrected chi connectivity index (χ4v) is 2.09. The molecular weight excluding hydrogens is 220 g/mol. The first-order valence-electron chi connectivity index (χ1n) is 6.06. The van der Waals surface area contributed by atoms with Crippen LogP contribution in [0.3, 0.4) is 0 Å². The van der Waals surface area contributed by atoms with Crippen molar-refractivity contribution in [2.24, 2.45) is 0 Å². The topological polar surface area (TPSA) is 84.2 Å². The summed E-state index contributed by atoms with van der Waals surface area (Å²) in [6.07, 6.45) is 4.21. The molecule has 1 aromatic heterocycles. The van der Waals surface area contributed by atoms with Crippen molar-refractivity contribution >= 4 is 11.6 Å². The lowest BCUT2D eigenvalue weighted by Gasteiger charge is -2.25. The number of hydroxylamine groups is 2. The Morgan fingerprint density at radius 3 is 2.94 bits per heavy atom. The summed E-state index contributed by atoms with van der Waals surface area (Å²) in [4.78, 5) is 17.4. The van der Waals surface area contributed by atoms with E-state index in [1.54, 1.807) is 0 Å². The van der Waals surface area contributed by atoms with E-state index < -0.39 is 0 Å². The molecule has 0 aromatic carbocycles. The molecule has 2 fully saturated rings. The van der Waals surface area contributed by atoms with Crippen molar-refractivity contribution in [2.45, 2.75) is 31.6 Å². The minimum absolute atomic E-state index is 0.231. The van der Waals surface area contributed by atoms with Gasteiger partial charge in [0, 0.05) is 12.5 Å². The van der Waals surface area contributed by atoms with E-state index in [4.69, 9.17) is 10.6 Å². The third-order valence-corrected chi connectivity index (χ3v) is 3.25. The Balaban J connectivity index is 1.80. The summed E-state index contributed by atoms with van der Waals surface area (Å²) in [6.45, 7) is 1.20. The van der Waals surface area contributed by atoms with Crippen LogP contribution in [0.15, 0.2) is 0 Å². The Morgan fingerprint density at radius 1 is 1.47 bits per heavy atom. The summed E-state index contributed by atoms with van der Waals surface area (Å²) in [5.74, 6) is 0.233. The summed E-state index contributed by atoms with van der Waals surface area (Å²) in [5.41, 5.74) is 7.65. The molecule has 3 rings (SSSR count). The average Bonchev–Trinajstić information content (AvgIpc) is 3.13. The number of aromatic amines is 1. The molecule has 2 heterocycles. The summed E-state index contributed by atoms with van der Waals surface area (Å²) < 4.78 is 0. The number of carbonyl (C=O) groups excluding carboxylic acids is 1. The normalized spacial score (nSPS) is 20.6. The predicted molar refractivity (Wildman–Crippen MR) is 61.2 cm³/mol. The van der Waals surface area contributed by atoms with Gasteiger partial charge in [0.2, 0.25) is 0 Å². The summed E-state index contributed by atoms with van der Waals surface area (Å²) >= 11 is 0. The molecule has 17 heavy (non-hydrogen) atoms. The maximum atomic E-state index is 12.1. The highest BCUT2D eigenvalue weighted by atomic mass is 16.7. The largest absolute Gasteiger partial charge is 0.395 e. The molecule has 0 spiro atoms. The van der Waals surface area contributed by atoms with Gasteiger partial charge in [-0.15, -0.1) is 0 Å². The average molecular weight is 236 g/mol. The van der Waals surface area contributed by atoms with Crippen LogP contribution in [-0.4, -0.2) is 34.3 Å². The molecule has 3 N–H and O–H groups in total. The lowest BCUT2D eigenvalue weighted by Crippen LogP contribution is -2.36. The summed E-state index contributed by atoms with van der Waals surface area (Å²) in [7, 11) is 0. The molecule has 1 saturated carbocycles. The Bertz CT molecular complexity index is 433. The molecular formula is C11H16N4O2. The molecule has 2 aliphatic rings. The highest BCUT2D eigenvalue weighted by Gasteiger charge is 2.32. The standard InChI is InChI=1S/C11H16N4O2/c12-8-9(7-3-4-7)13-14-10(8)11(16)15-5-1-2-6-17-15/h7H,1-6,12H2,(H,13,14). The number of nitrogens with two attached hydrogens (primary N) is 1. The number of carbonyl (C=O) groups is 1. The SMILES string of the molecule is Nc1c(C(=O)N2CCCCO2)n[nH]c1C1CC1. The van der Waals surface area contributed by atoms with Crippen LogP contribution in [0.4, 0.5) is 5.69 Å². The van der Waals surface area contributed by atoms with E-state index in [-0.39, 0.29) is 5.91 Å². The minimum atomic E-state index is -0.231. The number of nitrogens with one attached hydrogen (secondary N) is 1. The van der Waals surface area contributed by atoms with Crippen LogP contribution in [0.5, 0.6) is 0 Å². The second-order valence-electron chi connectivity index (χ2n) is 4.62. The fourth-order valence-electron chi connectivity index (χ4n) is 2.09. The van der Waals surface area contributed by atoms with Gasteiger partial charge in [0.05, 0.1) is 18.0 Å². The molecule has 0 unspecified atom stereocenters. The number of nitrogen functional groups attached to an aromatic ring is 1. The molecule has 1 saturated heterocycles. The Hall–Kier alpha value is -1.56. The molecule has 6 heteroatoms. The van der Waals surface area contributed by atoms with Crippen molar-refractivity contribution in [2.75, 3.05) is 18.9 Å². The van der Waals surface area contributed by atoms with Gasteiger partial charge < -0.3 is 5.73 Å². The molecule has 1 amide bonds. The number of nitrogens with zero attached hydrogens (tertiary/aromatic N) is 2. The van der Waals surface area contributed by atoms with Gasteiger partial charge in [-0.1, -0.05) is 0 Å². The lowest BCUT2D eigenvalue weighted by atomic mass is 10.2. The quantitative estimate of drug-likeness (QED) is 0.803. The molecule has 92 valence electrons. The first kappa shape index (κ1) is 10.6. The van der Waals surface area contributed by atoms with Crippen LogP contribution >= 0.6 is 0 Å². The van der Waals surface area contributed by atoms with Crippen LogP contribution in [0.2, 0.25) is 0 Å². The number of hydrogen-bond acceptors (Lipinski definition) is 4. The van der Waals surface area contributed by atoms with Crippen LogP contribution < -0.4 is 5.73 Å². The van der Waals surface area contributed by atoms with Gasteiger partial charge in [0.1, 0.15) is 0 Å². The highest BCUT2D eigenvalue weighted by Crippen LogP contribution is 2.42. The van der Waals surface area contributed by atoms with Crippen molar-refractivity contribution in [3.63, 3.8) is 0 Å². The Morgan fingerprint density at radius 2 is 2.29 bits per heavy atom. The van der Waals surface area contributed by atoms with Gasteiger partial charge >= 0.3 is 0 Å². The van der Waals surface area contributed by atoms with E-state index >= 15 is 0 Å². The molecule has 6 nitrogen and oxygen atoms in total. The fraction of sp³-hybridized carbons (Fsp3) is 0.636. The number of anilines is 1. The summed E-state index contributed by atoms with van der Waals surface area (Å²) in [5, 5.41) is 8.28. The van der Waals surface area contributed by atoms with Gasteiger partial charge in [-0.25, -0.2) is 5.06 Å². The molecule has 0 bridgehead atoms. The minimum Gasteiger partial charge on any atom is -0.395 e. The first-order chi connectivity index (χ1) is 8.27. The maximum absolute atomic E-state index is 12.1. The molecule has 0 atom stereocenters. The number of rotatable bonds is 2. The smallest absolute Gasteiger partial charge is 0.300 e. The number of hydrogen-bond donors (Lipinski definition) is 2. The zero-order valence-electron chi connectivity index (χ0n) is 9.61. The second kappa shape index (κ2) is 4.03. The van der Waals surface area contributed by atoms with E-state index in [0.29, 0.717) is 30.5 Å². The maximum Gasteiger partial charge on any atom is 0.300 e. The predicted octanol–water partition coefficient (Wildman–Crippen LogP) is 1.04. The molecule has 1 aromatic rings. The van der Waals surface area contributed by atoms with Crippen molar-refractivity contribution in [3.05, 3.63) is 11.4 Å². The Labute approximate surface area is 99.1 Å². The van der Waals surface area contributed by atoms with E-state index in [0.717, 1.165) is 31.4 Å². The van der Waals surface area contributed by atoms with Crippen LogP contribution in [0, 0.1) is 0 Å². The van der Waals surface area contributed by atoms with Crippen molar-refractivity contribution in [3.8, 4) is 0 Å². The highest BCUT2D eigenvalue weighted by molar-refractivity contribution is 5.97. The first-order valence-corrected chi connectivity index (χ1v) is 6.06. The number of H-pyrrole nitrogens is 1. The summed E-state index contributed by atoms with van der Waals surface area (Å²) in [6, 6.07) is 0. The lowest BCUT2D eigenvalue weighted by molar-refractivity contribution is -0.144. The monoisotopic (exact) mass is 236 g/mol. The molecule has 1 aliphatic heterocycles. The van der Waals surface area contributed by atoms with E-state index in [1.165, 1.54) is 5.06 Å². The Kier molecular flexibility index (Phi) is 2.51. The molecule has 1 aliphatic carbocycles. The van der Waals surface area contributed by atoms with Crippen molar-refractivity contribution in [1.29, 1.82) is 0 Å². The number of amides is 1. The third-order valence-electron chi connectivity index (χ3n) is 3.25. The van der Waals surface area contributed by atoms with Gasteiger partial charge in [-0.05, 0) is 25.7 Å². The van der Waals surface area contributed by atoms with E-state index in [1.807, 2.05) is 0 Å². The molecule has 0 radical (unpaired) electrons. The van der Waals surface area contributed by atoms with Crippen LogP contribution in [0.25, 0.3) is 0 Å². The third kappa shape index (κ3) is 1.88. The zero-order chi connectivity index (χ0) is 11.8. The van der Waals surface area contributed by atoms with Gasteiger partial charge in [0.25, 0.3) is 5.91 Å². The van der Waals surface area contributed by atoms with Crippen molar-refractivity contribution in [1.82, 2.24) is 15.3 Å². The van der Waals surface area contributed by atoms with Crippen LogP contribution in [0.1, 0.15) is 47.8 Å². The van der Waals surface area contributed by atoms with Gasteiger partial charge in [-0.3, -0.25) is 14.7 Å².